The van der Waals surface area contributed by atoms with Crippen LogP contribution < -0.4 is 10.2 Å². The standard InChI is InChI=1S/C27H22F2N6O4S/c1-13-24(14(2)39-33-13)15-4-7-20-19(8-15)32-25(35(20)27-31-10-22(40-27)26(37)30-3)21-11-38-12-23(36)34(21)16-5-6-17(28)18(29)9-16/h4-10,21H,11-12H2,1-3H3,(H,30,37)/t21-/m0/s1. The number of halogens is 2. The van der Waals surface area contributed by atoms with Crippen LogP contribution in [0.1, 0.15) is 33.0 Å². The van der Waals surface area contributed by atoms with Crippen LogP contribution in [0.2, 0.25) is 0 Å². The lowest BCUT2D eigenvalue weighted by Crippen LogP contribution is -2.45. The Labute approximate surface area is 230 Å². The zero-order valence-corrected chi connectivity index (χ0v) is 22.4. The Hall–Kier alpha value is -4.49. The van der Waals surface area contributed by atoms with Gasteiger partial charge in [0.2, 0.25) is 0 Å². The maximum atomic E-state index is 14.2. The predicted octanol–water partition coefficient (Wildman–Crippen LogP) is 4.50. The second-order valence-electron chi connectivity index (χ2n) is 9.19. The average Bonchev–Trinajstić information content (AvgIpc) is 3.66. The second kappa shape index (κ2) is 9.92. The molecule has 1 atom stereocenters. The lowest BCUT2D eigenvalue weighted by Gasteiger charge is -2.35. The van der Waals surface area contributed by atoms with Gasteiger partial charge in [0.25, 0.3) is 11.8 Å². The number of amides is 2. The van der Waals surface area contributed by atoms with E-state index in [1.807, 2.05) is 32.0 Å². The first-order chi connectivity index (χ1) is 19.3. The molecule has 2 aromatic carbocycles. The predicted molar refractivity (Wildman–Crippen MR) is 143 cm³/mol. The van der Waals surface area contributed by atoms with Crippen molar-refractivity contribution in [2.45, 2.75) is 19.9 Å². The summed E-state index contributed by atoms with van der Waals surface area (Å²) in [6.07, 6.45) is 1.46. The van der Waals surface area contributed by atoms with Crippen LogP contribution in [0.25, 0.3) is 27.3 Å². The Balaban J connectivity index is 1.56. The SMILES string of the molecule is CNC(=O)c1cnc(-n2c([C@@H]3COCC(=O)N3c3ccc(F)c(F)c3)nc3cc(-c4c(C)noc4C)ccc32)s1. The number of rotatable bonds is 5. The monoisotopic (exact) mass is 564 g/mol. The molecule has 6 rings (SSSR count). The summed E-state index contributed by atoms with van der Waals surface area (Å²) in [5, 5.41) is 7.06. The minimum Gasteiger partial charge on any atom is -0.369 e. The van der Waals surface area contributed by atoms with Crippen molar-refractivity contribution in [2.75, 3.05) is 25.2 Å². The number of thiazole rings is 1. The molecule has 1 aliphatic heterocycles. The molecule has 1 aliphatic rings. The number of morpholine rings is 1. The van der Waals surface area contributed by atoms with Gasteiger partial charge in [-0.05, 0) is 43.7 Å². The van der Waals surface area contributed by atoms with Gasteiger partial charge in [0.1, 0.15) is 29.1 Å². The number of aryl methyl sites for hydroxylation is 2. The first kappa shape index (κ1) is 25.8. The van der Waals surface area contributed by atoms with Gasteiger partial charge in [0.05, 0.1) is 29.5 Å². The van der Waals surface area contributed by atoms with Gasteiger partial charge < -0.3 is 14.6 Å². The molecule has 0 spiro atoms. The number of hydrogen-bond acceptors (Lipinski definition) is 8. The molecule has 10 nitrogen and oxygen atoms in total. The van der Waals surface area contributed by atoms with Crippen molar-refractivity contribution < 1.29 is 27.6 Å². The van der Waals surface area contributed by atoms with Crippen molar-refractivity contribution in [3.8, 4) is 16.3 Å². The number of nitrogens with one attached hydrogen (secondary N) is 1. The molecule has 0 bridgehead atoms. The molecular weight excluding hydrogens is 542 g/mol. The lowest BCUT2D eigenvalue weighted by atomic mass is 10.0. The van der Waals surface area contributed by atoms with Gasteiger partial charge in [-0.15, -0.1) is 0 Å². The highest BCUT2D eigenvalue weighted by Crippen LogP contribution is 2.37. The first-order valence-electron chi connectivity index (χ1n) is 12.3. The molecular formula is C27H22F2N6O4S. The Bertz CT molecular complexity index is 1780. The number of nitrogens with zero attached hydrogens (tertiary/aromatic N) is 5. The van der Waals surface area contributed by atoms with Gasteiger partial charge in [0.15, 0.2) is 16.8 Å². The Kier molecular flexibility index (Phi) is 6.39. The van der Waals surface area contributed by atoms with E-state index in [-0.39, 0.29) is 24.8 Å². The van der Waals surface area contributed by atoms with Crippen LogP contribution in [0, 0.1) is 25.5 Å². The summed E-state index contributed by atoms with van der Waals surface area (Å²) in [5.74, 6) is -1.81. The van der Waals surface area contributed by atoms with Gasteiger partial charge in [-0.3, -0.25) is 19.1 Å². The molecule has 1 saturated heterocycles. The summed E-state index contributed by atoms with van der Waals surface area (Å²) >= 11 is 1.15. The van der Waals surface area contributed by atoms with Crippen molar-refractivity contribution in [3.63, 3.8) is 0 Å². The first-order valence-corrected chi connectivity index (χ1v) is 13.1. The number of carbonyl (C=O) groups is 2. The van der Waals surface area contributed by atoms with Gasteiger partial charge in [-0.25, -0.2) is 18.7 Å². The minimum absolute atomic E-state index is 0.0401. The number of anilines is 1. The highest BCUT2D eigenvalue weighted by Gasteiger charge is 2.36. The second-order valence-corrected chi connectivity index (χ2v) is 10.2. The van der Waals surface area contributed by atoms with Gasteiger partial charge in [0, 0.05) is 24.4 Å². The molecule has 0 aliphatic carbocycles. The van der Waals surface area contributed by atoms with Crippen LogP contribution in [0.4, 0.5) is 14.5 Å². The van der Waals surface area contributed by atoms with Gasteiger partial charge in [-0.2, -0.15) is 0 Å². The largest absolute Gasteiger partial charge is 0.369 e. The Morgan fingerprint density at radius 3 is 2.70 bits per heavy atom. The van der Waals surface area contributed by atoms with E-state index >= 15 is 0 Å². The molecule has 2 amide bonds. The maximum Gasteiger partial charge on any atom is 0.262 e. The third-order valence-electron chi connectivity index (χ3n) is 6.70. The van der Waals surface area contributed by atoms with Crippen molar-refractivity contribution in [3.05, 3.63) is 76.4 Å². The summed E-state index contributed by atoms with van der Waals surface area (Å²) < 4.78 is 40.7. The fourth-order valence-electron chi connectivity index (χ4n) is 4.90. The van der Waals surface area contributed by atoms with Crippen LogP contribution >= 0.6 is 11.3 Å². The zero-order chi connectivity index (χ0) is 28.1. The van der Waals surface area contributed by atoms with Crippen molar-refractivity contribution in [1.29, 1.82) is 0 Å². The summed E-state index contributed by atoms with van der Waals surface area (Å²) in [4.78, 5) is 36.5. The molecule has 3 aromatic heterocycles. The summed E-state index contributed by atoms with van der Waals surface area (Å²) in [5.41, 5.74) is 3.80. The maximum absolute atomic E-state index is 14.2. The van der Waals surface area contributed by atoms with Crippen molar-refractivity contribution >= 4 is 39.9 Å². The molecule has 1 N–H and O–H groups in total. The van der Waals surface area contributed by atoms with E-state index < -0.39 is 23.6 Å². The molecule has 1 fully saturated rings. The van der Waals surface area contributed by atoms with E-state index in [2.05, 4.69) is 15.5 Å². The number of hydrogen-bond donors (Lipinski definition) is 1. The molecule has 4 heterocycles. The molecule has 204 valence electrons. The van der Waals surface area contributed by atoms with E-state index in [4.69, 9.17) is 14.2 Å². The van der Waals surface area contributed by atoms with E-state index in [9.17, 15) is 18.4 Å². The van der Waals surface area contributed by atoms with Gasteiger partial charge >= 0.3 is 0 Å². The number of carbonyl (C=O) groups excluding carboxylic acids is 2. The van der Waals surface area contributed by atoms with Crippen molar-refractivity contribution in [2.24, 2.45) is 0 Å². The van der Waals surface area contributed by atoms with Crippen molar-refractivity contribution in [1.82, 2.24) is 25.0 Å². The topological polar surface area (TPSA) is 115 Å². The number of ether oxygens (including phenoxy) is 1. The minimum atomic E-state index is -1.08. The lowest BCUT2D eigenvalue weighted by molar-refractivity contribution is -0.127. The Morgan fingerprint density at radius 2 is 1.98 bits per heavy atom. The van der Waals surface area contributed by atoms with Crippen LogP contribution in [0.5, 0.6) is 0 Å². The zero-order valence-electron chi connectivity index (χ0n) is 21.6. The van der Waals surface area contributed by atoms with Crippen LogP contribution in [-0.4, -0.2) is 51.8 Å². The smallest absolute Gasteiger partial charge is 0.262 e. The Morgan fingerprint density at radius 1 is 1.15 bits per heavy atom. The molecule has 5 aromatic rings. The highest BCUT2D eigenvalue weighted by atomic mass is 32.1. The summed E-state index contributed by atoms with van der Waals surface area (Å²) in [6.45, 7) is 3.48. The van der Waals surface area contributed by atoms with Gasteiger partial charge in [-0.1, -0.05) is 22.6 Å². The number of benzene rings is 2. The number of fused-ring (bicyclic) bond motifs is 1. The number of imidazole rings is 1. The summed E-state index contributed by atoms with van der Waals surface area (Å²) in [6, 6.07) is 8.11. The van der Waals surface area contributed by atoms with E-state index in [0.717, 1.165) is 40.3 Å². The van der Waals surface area contributed by atoms with Crippen LogP contribution in [0.3, 0.4) is 0 Å². The third kappa shape index (κ3) is 4.23. The number of aromatic nitrogens is 4. The molecule has 0 unspecified atom stereocenters. The van der Waals surface area contributed by atoms with Crippen LogP contribution in [0.15, 0.2) is 47.1 Å². The normalized spacial score (nSPS) is 15.7. The molecule has 0 radical (unpaired) electrons. The van der Waals surface area contributed by atoms with E-state index in [1.165, 1.54) is 24.2 Å². The highest BCUT2D eigenvalue weighted by molar-refractivity contribution is 7.16. The fourth-order valence-corrected chi connectivity index (χ4v) is 5.78. The van der Waals surface area contributed by atoms with E-state index in [0.29, 0.717) is 32.6 Å². The third-order valence-corrected chi connectivity index (χ3v) is 7.68. The molecule has 40 heavy (non-hydrogen) atoms. The van der Waals surface area contributed by atoms with Crippen LogP contribution in [-0.2, 0) is 9.53 Å². The summed E-state index contributed by atoms with van der Waals surface area (Å²) in [7, 11) is 1.53. The molecule has 0 saturated carbocycles. The quantitative estimate of drug-likeness (QED) is 0.334. The van der Waals surface area contributed by atoms with E-state index in [1.54, 1.807) is 4.57 Å². The average molecular weight is 565 g/mol. The fraction of sp³-hybridized carbons (Fsp3) is 0.222. The molecule has 13 heteroatoms.